The zero-order valence-electron chi connectivity index (χ0n) is 11.7. The molecular formula is C15H21NO4. The minimum atomic E-state index is -0.813. The van der Waals surface area contributed by atoms with Crippen LogP contribution in [0.3, 0.4) is 0 Å². The van der Waals surface area contributed by atoms with Gasteiger partial charge in [0.25, 0.3) is 0 Å². The lowest BCUT2D eigenvalue weighted by Gasteiger charge is -2.14. The Morgan fingerprint density at radius 1 is 1.30 bits per heavy atom. The maximum atomic E-state index is 11.1. The fourth-order valence-corrected chi connectivity index (χ4v) is 1.91. The second-order valence-corrected chi connectivity index (χ2v) is 4.87. The fraction of sp³-hybridized carbons (Fsp3) is 0.533. The van der Waals surface area contributed by atoms with Gasteiger partial charge in [-0.15, -0.1) is 0 Å². The summed E-state index contributed by atoms with van der Waals surface area (Å²) in [7, 11) is 0. The second-order valence-electron chi connectivity index (χ2n) is 4.87. The van der Waals surface area contributed by atoms with Gasteiger partial charge in [0.05, 0.1) is 13.2 Å². The zero-order valence-corrected chi connectivity index (χ0v) is 11.7. The molecule has 1 aromatic rings. The van der Waals surface area contributed by atoms with Crippen LogP contribution >= 0.6 is 0 Å². The van der Waals surface area contributed by atoms with E-state index in [-0.39, 0.29) is 0 Å². The topological polar surface area (TPSA) is 67.8 Å². The van der Waals surface area contributed by atoms with Crippen molar-refractivity contribution in [3.05, 3.63) is 24.3 Å². The van der Waals surface area contributed by atoms with Crippen LogP contribution in [-0.2, 0) is 4.79 Å². The first-order valence-corrected chi connectivity index (χ1v) is 7.03. The third-order valence-electron chi connectivity index (χ3n) is 3.12. The Bertz CT molecular complexity index is 428. The number of benzene rings is 1. The van der Waals surface area contributed by atoms with Gasteiger partial charge in [0.15, 0.2) is 0 Å². The molecule has 0 aliphatic heterocycles. The first-order chi connectivity index (χ1) is 9.69. The first kappa shape index (κ1) is 14.7. The Morgan fingerprint density at radius 3 is 2.40 bits per heavy atom. The van der Waals surface area contributed by atoms with Gasteiger partial charge in [-0.25, -0.2) is 0 Å². The highest BCUT2D eigenvalue weighted by Crippen LogP contribution is 2.20. The predicted octanol–water partition coefficient (Wildman–Crippen LogP) is 2.06. The number of hydrogen-bond acceptors (Lipinski definition) is 4. The van der Waals surface area contributed by atoms with Gasteiger partial charge in [-0.05, 0) is 44.0 Å². The molecule has 0 amide bonds. The average molecular weight is 279 g/mol. The Kier molecular flexibility index (Phi) is 5.24. The summed E-state index contributed by atoms with van der Waals surface area (Å²) in [6.07, 6.45) is 2.60. The molecule has 0 aromatic heterocycles. The summed E-state index contributed by atoms with van der Waals surface area (Å²) in [5.74, 6) is 0.717. The van der Waals surface area contributed by atoms with Crippen LogP contribution < -0.4 is 14.8 Å². The third-order valence-corrected chi connectivity index (χ3v) is 3.12. The molecule has 0 spiro atoms. The van der Waals surface area contributed by atoms with E-state index in [0.29, 0.717) is 25.7 Å². The molecule has 1 aromatic carbocycles. The van der Waals surface area contributed by atoms with Gasteiger partial charge in [0.2, 0.25) is 0 Å². The van der Waals surface area contributed by atoms with Crippen molar-refractivity contribution in [1.29, 1.82) is 0 Å². The molecule has 0 saturated heterocycles. The largest absolute Gasteiger partial charge is 0.494 e. The molecule has 1 saturated carbocycles. The van der Waals surface area contributed by atoms with Gasteiger partial charge in [-0.3, -0.25) is 4.79 Å². The quantitative estimate of drug-likeness (QED) is 0.724. The third kappa shape index (κ3) is 4.74. The van der Waals surface area contributed by atoms with Crippen molar-refractivity contribution in [1.82, 2.24) is 5.32 Å². The highest BCUT2D eigenvalue weighted by Gasteiger charge is 2.27. The molecule has 1 unspecified atom stereocenters. The first-order valence-electron chi connectivity index (χ1n) is 7.03. The van der Waals surface area contributed by atoms with Gasteiger partial charge in [0, 0.05) is 12.5 Å². The molecule has 110 valence electrons. The number of ether oxygens (including phenoxy) is 2. The molecule has 20 heavy (non-hydrogen) atoms. The van der Waals surface area contributed by atoms with E-state index in [1.807, 2.05) is 31.2 Å². The number of aliphatic carboxylic acids is 1. The molecule has 0 heterocycles. The van der Waals surface area contributed by atoms with E-state index in [0.717, 1.165) is 24.3 Å². The molecule has 1 aliphatic rings. The molecule has 0 radical (unpaired) electrons. The highest BCUT2D eigenvalue weighted by atomic mass is 16.5. The molecule has 5 heteroatoms. The molecule has 1 aliphatic carbocycles. The van der Waals surface area contributed by atoms with E-state index in [1.54, 1.807) is 0 Å². The van der Waals surface area contributed by atoms with Crippen LogP contribution in [0.2, 0.25) is 0 Å². The van der Waals surface area contributed by atoms with Gasteiger partial charge in [-0.1, -0.05) is 0 Å². The lowest BCUT2D eigenvalue weighted by Crippen LogP contribution is -2.39. The highest BCUT2D eigenvalue weighted by molar-refractivity contribution is 5.73. The van der Waals surface area contributed by atoms with E-state index in [9.17, 15) is 4.79 Å². The van der Waals surface area contributed by atoms with Crippen molar-refractivity contribution in [3.8, 4) is 11.5 Å². The van der Waals surface area contributed by atoms with Gasteiger partial charge < -0.3 is 19.9 Å². The SMILES string of the molecule is CCOc1ccc(OCCC(NC2CC2)C(=O)O)cc1. The van der Waals surface area contributed by atoms with Crippen LogP contribution in [0.1, 0.15) is 26.2 Å². The van der Waals surface area contributed by atoms with Crippen LogP contribution in [0.4, 0.5) is 0 Å². The van der Waals surface area contributed by atoms with Crippen LogP contribution in [-0.4, -0.2) is 36.4 Å². The molecule has 0 bridgehead atoms. The summed E-state index contributed by atoms with van der Waals surface area (Å²) in [6, 6.07) is 7.20. The van der Waals surface area contributed by atoms with Crippen LogP contribution in [0.25, 0.3) is 0 Å². The number of carbonyl (C=O) groups is 1. The fourth-order valence-electron chi connectivity index (χ4n) is 1.91. The van der Waals surface area contributed by atoms with Crippen molar-refractivity contribution >= 4 is 5.97 Å². The zero-order chi connectivity index (χ0) is 14.4. The van der Waals surface area contributed by atoms with Gasteiger partial charge in [-0.2, -0.15) is 0 Å². The summed E-state index contributed by atoms with van der Waals surface area (Å²) in [5.41, 5.74) is 0. The van der Waals surface area contributed by atoms with Crippen LogP contribution in [0.5, 0.6) is 11.5 Å². The molecule has 1 atom stereocenters. The summed E-state index contributed by atoms with van der Waals surface area (Å²) < 4.78 is 10.9. The summed E-state index contributed by atoms with van der Waals surface area (Å²) >= 11 is 0. The van der Waals surface area contributed by atoms with Crippen molar-refractivity contribution in [2.24, 2.45) is 0 Å². The van der Waals surface area contributed by atoms with Crippen molar-refractivity contribution in [3.63, 3.8) is 0 Å². The van der Waals surface area contributed by atoms with Crippen molar-refractivity contribution in [2.45, 2.75) is 38.3 Å². The molecule has 5 nitrogen and oxygen atoms in total. The molecule has 2 rings (SSSR count). The number of rotatable bonds is 9. The Hall–Kier alpha value is -1.75. The van der Waals surface area contributed by atoms with Crippen molar-refractivity contribution in [2.75, 3.05) is 13.2 Å². The number of carboxylic acid groups (broad SMARTS) is 1. The minimum absolute atomic E-state index is 0.376. The number of carboxylic acids is 1. The minimum Gasteiger partial charge on any atom is -0.494 e. The predicted molar refractivity (Wildman–Crippen MR) is 75.3 cm³/mol. The smallest absolute Gasteiger partial charge is 0.320 e. The second kappa shape index (κ2) is 7.14. The summed E-state index contributed by atoms with van der Waals surface area (Å²) in [4.78, 5) is 11.1. The standard InChI is InChI=1S/C15H21NO4/c1-2-19-12-5-7-13(8-6-12)20-10-9-14(15(17)18)16-11-3-4-11/h5-8,11,14,16H,2-4,9-10H2,1H3,(H,17,18). The lowest BCUT2D eigenvalue weighted by atomic mass is 10.2. The summed E-state index contributed by atoms with van der Waals surface area (Å²) in [6.45, 7) is 2.95. The maximum Gasteiger partial charge on any atom is 0.320 e. The molecule has 1 fully saturated rings. The van der Waals surface area contributed by atoms with E-state index in [1.165, 1.54) is 0 Å². The van der Waals surface area contributed by atoms with Crippen LogP contribution in [0.15, 0.2) is 24.3 Å². The van der Waals surface area contributed by atoms with Crippen LogP contribution in [0, 0.1) is 0 Å². The lowest BCUT2D eigenvalue weighted by molar-refractivity contribution is -0.139. The maximum absolute atomic E-state index is 11.1. The Balaban J connectivity index is 1.74. The van der Waals surface area contributed by atoms with Crippen molar-refractivity contribution < 1.29 is 19.4 Å². The molecule has 2 N–H and O–H groups in total. The molecular weight excluding hydrogens is 258 g/mol. The monoisotopic (exact) mass is 279 g/mol. The van der Waals surface area contributed by atoms with E-state index in [2.05, 4.69) is 5.32 Å². The van der Waals surface area contributed by atoms with E-state index >= 15 is 0 Å². The normalized spacial score (nSPS) is 15.7. The Labute approximate surface area is 118 Å². The van der Waals surface area contributed by atoms with E-state index in [4.69, 9.17) is 14.6 Å². The summed E-state index contributed by atoms with van der Waals surface area (Å²) in [5, 5.41) is 12.2. The van der Waals surface area contributed by atoms with Gasteiger partial charge >= 0.3 is 5.97 Å². The number of hydrogen-bond donors (Lipinski definition) is 2. The van der Waals surface area contributed by atoms with E-state index < -0.39 is 12.0 Å². The average Bonchev–Trinajstić information content (AvgIpc) is 3.24. The Morgan fingerprint density at radius 2 is 1.90 bits per heavy atom. The number of nitrogens with one attached hydrogen (secondary N) is 1. The van der Waals surface area contributed by atoms with Gasteiger partial charge in [0.1, 0.15) is 17.5 Å².